The van der Waals surface area contributed by atoms with Crippen molar-refractivity contribution in [2.24, 2.45) is 0 Å². The topological polar surface area (TPSA) is 9.23 Å². The molecule has 1 heterocycles. The number of hydrogen-bond donors (Lipinski definition) is 0. The van der Waals surface area contributed by atoms with Crippen molar-refractivity contribution >= 4 is 0 Å². The van der Waals surface area contributed by atoms with E-state index in [-0.39, 0.29) is 0 Å². The third-order valence-corrected chi connectivity index (χ3v) is 1.89. The molecule has 0 aromatic rings. The first-order valence-corrected chi connectivity index (χ1v) is 4.27. The van der Waals surface area contributed by atoms with E-state index in [9.17, 15) is 0 Å². The highest BCUT2D eigenvalue weighted by Crippen LogP contribution is 2.24. The van der Waals surface area contributed by atoms with Gasteiger partial charge in [0, 0.05) is 6.42 Å². The molecular formula is C10H16O. The summed E-state index contributed by atoms with van der Waals surface area (Å²) in [5, 5.41) is 0. The van der Waals surface area contributed by atoms with Gasteiger partial charge in [0.15, 0.2) is 0 Å². The minimum atomic E-state index is 0.381. The van der Waals surface area contributed by atoms with Crippen LogP contribution in [0, 0.1) is 0 Å². The molecule has 0 aromatic heterocycles. The predicted octanol–water partition coefficient (Wildman–Crippen LogP) is 3.04. The number of allylic oxidation sites excluding steroid dienone is 3. The lowest BCUT2D eigenvalue weighted by atomic mass is 10.1. The minimum Gasteiger partial charge on any atom is -0.495 e. The van der Waals surface area contributed by atoms with E-state index in [1.807, 2.05) is 6.92 Å². The summed E-state index contributed by atoms with van der Waals surface area (Å²) >= 11 is 0. The van der Waals surface area contributed by atoms with Crippen LogP contribution in [-0.2, 0) is 4.74 Å². The zero-order chi connectivity index (χ0) is 8.27. The summed E-state index contributed by atoms with van der Waals surface area (Å²) in [6.45, 7) is 6.29. The lowest BCUT2D eigenvalue weighted by molar-refractivity contribution is 0.162. The van der Waals surface area contributed by atoms with Crippen LogP contribution in [0.2, 0.25) is 0 Å². The second-order valence-corrected chi connectivity index (χ2v) is 3.02. The van der Waals surface area contributed by atoms with Crippen LogP contribution < -0.4 is 0 Å². The molecule has 0 aromatic carbocycles. The molecule has 0 saturated carbocycles. The van der Waals surface area contributed by atoms with Crippen molar-refractivity contribution in [3.8, 4) is 0 Å². The summed E-state index contributed by atoms with van der Waals surface area (Å²) in [5.41, 5.74) is 1.36. The first-order valence-electron chi connectivity index (χ1n) is 4.27. The highest BCUT2D eigenvalue weighted by atomic mass is 16.5. The molecule has 0 aliphatic carbocycles. The van der Waals surface area contributed by atoms with Gasteiger partial charge in [0.2, 0.25) is 0 Å². The average molecular weight is 152 g/mol. The maximum absolute atomic E-state index is 5.50. The fourth-order valence-corrected chi connectivity index (χ4v) is 1.32. The Kier molecular flexibility index (Phi) is 2.75. The lowest BCUT2D eigenvalue weighted by Crippen LogP contribution is -1.96. The highest BCUT2D eigenvalue weighted by molar-refractivity contribution is 5.25. The molecular weight excluding hydrogens is 136 g/mol. The van der Waals surface area contributed by atoms with Crippen molar-refractivity contribution in [3.05, 3.63) is 23.5 Å². The Balaban J connectivity index is 2.57. The highest BCUT2D eigenvalue weighted by Gasteiger charge is 2.16. The Morgan fingerprint density at radius 1 is 1.64 bits per heavy atom. The first-order chi connectivity index (χ1) is 5.24. The van der Waals surface area contributed by atoms with E-state index >= 15 is 0 Å². The van der Waals surface area contributed by atoms with Crippen LogP contribution in [0.15, 0.2) is 23.5 Å². The molecule has 1 aliphatic rings. The summed E-state index contributed by atoms with van der Waals surface area (Å²) in [7, 11) is 0. The molecule has 1 rings (SSSR count). The maximum atomic E-state index is 5.50. The molecule has 0 N–H and O–H groups in total. The molecule has 0 fully saturated rings. The van der Waals surface area contributed by atoms with Crippen molar-refractivity contribution in [1.29, 1.82) is 0 Å². The normalized spacial score (nSPS) is 24.8. The Bertz CT molecular complexity index is 189. The van der Waals surface area contributed by atoms with E-state index in [4.69, 9.17) is 4.74 Å². The Labute approximate surface area is 68.8 Å². The van der Waals surface area contributed by atoms with Gasteiger partial charge in [0.25, 0.3) is 0 Å². The maximum Gasteiger partial charge on any atom is 0.0995 e. The zero-order valence-electron chi connectivity index (χ0n) is 7.55. The van der Waals surface area contributed by atoms with Crippen molar-refractivity contribution in [3.63, 3.8) is 0 Å². The molecule has 1 aliphatic heterocycles. The van der Waals surface area contributed by atoms with Gasteiger partial charge >= 0.3 is 0 Å². The molecule has 1 nitrogen and oxygen atoms in total. The molecule has 0 spiro atoms. The van der Waals surface area contributed by atoms with E-state index in [0.717, 1.165) is 18.6 Å². The van der Waals surface area contributed by atoms with Crippen LogP contribution in [0.5, 0.6) is 0 Å². The lowest BCUT2D eigenvalue weighted by Gasteiger charge is -2.01. The van der Waals surface area contributed by atoms with Crippen LogP contribution in [0.1, 0.15) is 33.6 Å². The number of hydrogen-bond acceptors (Lipinski definition) is 1. The standard InChI is InChI=1S/C10H16O/c1-4-5-6-10-7-8(2)11-9(10)3/h5-6,8H,4,7H2,1-3H3/b6-5-. The zero-order valence-corrected chi connectivity index (χ0v) is 7.55. The molecule has 1 atom stereocenters. The van der Waals surface area contributed by atoms with Crippen molar-refractivity contribution in [2.75, 3.05) is 0 Å². The number of rotatable bonds is 2. The summed E-state index contributed by atoms with van der Waals surface area (Å²) in [6.07, 6.45) is 6.92. The number of ether oxygens (including phenoxy) is 1. The van der Waals surface area contributed by atoms with Crippen molar-refractivity contribution in [2.45, 2.75) is 39.7 Å². The molecule has 11 heavy (non-hydrogen) atoms. The van der Waals surface area contributed by atoms with Crippen LogP contribution >= 0.6 is 0 Å². The van der Waals surface area contributed by atoms with E-state index in [0.29, 0.717) is 6.10 Å². The minimum absolute atomic E-state index is 0.381. The first kappa shape index (κ1) is 8.38. The average Bonchev–Trinajstić information content (AvgIpc) is 2.26. The molecule has 1 unspecified atom stereocenters. The fraction of sp³-hybridized carbons (Fsp3) is 0.600. The van der Waals surface area contributed by atoms with E-state index in [1.54, 1.807) is 0 Å². The van der Waals surface area contributed by atoms with Gasteiger partial charge in [-0.3, -0.25) is 0 Å². The molecule has 0 saturated heterocycles. The molecule has 0 bridgehead atoms. The predicted molar refractivity (Wildman–Crippen MR) is 47.3 cm³/mol. The van der Waals surface area contributed by atoms with Gasteiger partial charge in [-0.05, 0) is 25.8 Å². The fourth-order valence-electron chi connectivity index (χ4n) is 1.32. The third kappa shape index (κ3) is 2.11. The van der Waals surface area contributed by atoms with Gasteiger partial charge in [0.05, 0.1) is 11.9 Å². The molecule has 0 radical (unpaired) electrons. The summed E-state index contributed by atoms with van der Waals surface area (Å²) in [6, 6.07) is 0. The van der Waals surface area contributed by atoms with E-state index < -0.39 is 0 Å². The van der Waals surface area contributed by atoms with Gasteiger partial charge in [-0.2, -0.15) is 0 Å². The van der Waals surface area contributed by atoms with Crippen molar-refractivity contribution in [1.82, 2.24) is 0 Å². The van der Waals surface area contributed by atoms with Gasteiger partial charge in [-0.15, -0.1) is 0 Å². The van der Waals surface area contributed by atoms with Crippen LogP contribution in [0.25, 0.3) is 0 Å². The Hall–Kier alpha value is -0.720. The van der Waals surface area contributed by atoms with Crippen molar-refractivity contribution < 1.29 is 4.74 Å². The largest absolute Gasteiger partial charge is 0.495 e. The van der Waals surface area contributed by atoms with Crippen LogP contribution in [0.3, 0.4) is 0 Å². The quantitative estimate of drug-likeness (QED) is 0.591. The van der Waals surface area contributed by atoms with Gasteiger partial charge in [-0.1, -0.05) is 19.1 Å². The molecule has 62 valence electrons. The molecule has 1 heteroatoms. The second kappa shape index (κ2) is 3.61. The van der Waals surface area contributed by atoms with Gasteiger partial charge in [0.1, 0.15) is 0 Å². The SMILES string of the molecule is CC/C=C\C1=C(C)OC(C)C1. The monoisotopic (exact) mass is 152 g/mol. The van der Waals surface area contributed by atoms with Crippen LogP contribution in [-0.4, -0.2) is 6.10 Å². The third-order valence-electron chi connectivity index (χ3n) is 1.89. The van der Waals surface area contributed by atoms with E-state index in [2.05, 4.69) is 26.0 Å². The Morgan fingerprint density at radius 3 is 2.82 bits per heavy atom. The van der Waals surface area contributed by atoms with Crippen LogP contribution in [0.4, 0.5) is 0 Å². The Morgan fingerprint density at radius 2 is 2.36 bits per heavy atom. The van der Waals surface area contributed by atoms with E-state index in [1.165, 1.54) is 5.57 Å². The van der Waals surface area contributed by atoms with Gasteiger partial charge in [-0.25, -0.2) is 0 Å². The second-order valence-electron chi connectivity index (χ2n) is 3.02. The molecule has 0 amide bonds. The van der Waals surface area contributed by atoms with Gasteiger partial charge < -0.3 is 4.74 Å². The summed E-state index contributed by atoms with van der Waals surface area (Å²) in [5.74, 6) is 1.10. The summed E-state index contributed by atoms with van der Waals surface area (Å²) < 4.78 is 5.50. The smallest absolute Gasteiger partial charge is 0.0995 e. The summed E-state index contributed by atoms with van der Waals surface area (Å²) in [4.78, 5) is 0.